The van der Waals surface area contributed by atoms with Gasteiger partial charge in [0.05, 0.1) is 5.35 Å². The Hall–Kier alpha value is -1.44. The summed E-state index contributed by atoms with van der Waals surface area (Å²) >= 11 is 0. The van der Waals surface area contributed by atoms with Gasteiger partial charge in [-0.1, -0.05) is 0 Å². The molecule has 1 aromatic rings. The molecule has 0 atom stereocenters. The molecular formula is C12H14N2. The Morgan fingerprint density at radius 2 is 2.29 bits per heavy atom. The van der Waals surface area contributed by atoms with Crippen LogP contribution in [0.1, 0.15) is 26.2 Å². The van der Waals surface area contributed by atoms with E-state index in [9.17, 15) is 0 Å². The number of pyridine rings is 1. The predicted molar refractivity (Wildman–Crippen MR) is 59.4 cm³/mol. The lowest BCUT2D eigenvalue weighted by Gasteiger charge is -1.97. The Bertz CT molecular complexity index is 457. The largest absolute Gasteiger partial charge is 0.268 e. The second kappa shape index (κ2) is 4.18. The molecule has 2 nitrogen and oxygen atoms in total. The van der Waals surface area contributed by atoms with Crippen molar-refractivity contribution in [2.45, 2.75) is 26.2 Å². The zero-order valence-electron chi connectivity index (χ0n) is 8.40. The maximum atomic E-state index is 4.40. The summed E-state index contributed by atoms with van der Waals surface area (Å²) in [5.74, 6) is 0. The first-order chi connectivity index (χ1) is 6.88. The minimum atomic E-state index is 1.06. The van der Waals surface area contributed by atoms with Crippen molar-refractivity contribution in [1.82, 2.24) is 4.98 Å². The lowest BCUT2D eigenvalue weighted by molar-refractivity contribution is 0.904. The van der Waals surface area contributed by atoms with E-state index in [0.29, 0.717) is 0 Å². The van der Waals surface area contributed by atoms with E-state index in [2.05, 4.69) is 23.0 Å². The van der Waals surface area contributed by atoms with Gasteiger partial charge in [-0.25, -0.2) is 0 Å². The van der Waals surface area contributed by atoms with E-state index >= 15 is 0 Å². The van der Waals surface area contributed by atoms with Crippen LogP contribution in [0.15, 0.2) is 23.3 Å². The number of aliphatic imine (C=N–C) groups is 1. The van der Waals surface area contributed by atoms with Gasteiger partial charge in [0.25, 0.3) is 0 Å². The van der Waals surface area contributed by atoms with Crippen molar-refractivity contribution in [2.75, 3.05) is 0 Å². The molecular weight excluding hydrogens is 172 g/mol. The predicted octanol–water partition coefficient (Wildman–Crippen LogP) is 1.24. The molecule has 72 valence electrons. The van der Waals surface area contributed by atoms with Gasteiger partial charge in [0.2, 0.25) is 0 Å². The quantitative estimate of drug-likeness (QED) is 0.598. The Morgan fingerprint density at radius 3 is 3.21 bits per heavy atom. The van der Waals surface area contributed by atoms with Crippen LogP contribution in [-0.2, 0) is 0 Å². The first kappa shape index (κ1) is 9.13. The third-order valence-electron chi connectivity index (χ3n) is 2.45. The summed E-state index contributed by atoms with van der Waals surface area (Å²) in [7, 11) is 0. The molecule has 1 aromatic heterocycles. The molecule has 0 spiro atoms. The number of hydrogen-bond acceptors (Lipinski definition) is 2. The molecule has 0 N–H and O–H groups in total. The van der Waals surface area contributed by atoms with Gasteiger partial charge in [-0.05, 0) is 43.9 Å². The molecule has 0 bridgehead atoms. The van der Waals surface area contributed by atoms with E-state index < -0.39 is 0 Å². The Balaban J connectivity index is 2.71. The molecule has 0 aliphatic carbocycles. The second-order valence-electron chi connectivity index (χ2n) is 3.57. The van der Waals surface area contributed by atoms with Gasteiger partial charge < -0.3 is 0 Å². The lowest BCUT2D eigenvalue weighted by Crippen LogP contribution is -2.29. The Labute approximate surface area is 83.7 Å². The first-order valence-electron chi connectivity index (χ1n) is 5.00. The molecule has 2 rings (SSSR count). The van der Waals surface area contributed by atoms with Crippen LogP contribution in [0.2, 0.25) is 0 Å². The number of hydrogen-bond donors (Lipinski definition) is 0. The molecule has 0 fully saturated rings. The van der Waals surface area contributed by atoms with E-state index in [-0.39, 0.29) is 0 Å². The number of fused-ring (bicyclic) bond motifs is 1. The van der Waals surface area contributed by atoms with Crippen molar-refractivity contribution >= 4 is 18.0 Å². The fraction of sp³-hybridized carbons (Fsp3) is 0.333. The number of nitrogens with zero attached hydrogens (tertiary/aromatic N) is 2. The van der Waals surface area contributed by atoms with Crippen LogP contribution in [0.4, 0.5) is 0 Å². The van der Waals surface area contributed by atoms with E-state index in [4.69, 9.17) is 0 Å². The highest BCUT2D eigenvalue weighted by atomic mass is 14.7. The zero-order chi connectivity index (χ0) is 9.80. The smallest absolute Gasteiger partial charge is 0.0706 e. The van der Waals surface area contributed by atoms with Gasteiger partial charge in [0.1, 0.15) is 0 Å². The number of aromatic nitrogens is 1. The summed E-state index contributed by atoms with van der Waals surface area (Å²) in [5.41, 5.74) is 1.36. The van der Waals surface area contributed by atoms with Gasteiger partial charge >= 0.3 is 0 Å². The van der Waals surface area contributed by atoms with Crippen LogP contribution in [-0.4, -0.2) is 11.2 Å². The topological polar surface area (TPSA) is 25.2 Å². The number of rotatable bonds is 0. The van der Waals surface area contributed by atoms with Crippen molar-refractivity contribution in [2.24, 2.45) is 4.99 Å². The average Bonchev–Trinajstić information content (AvgIpc) is 2.30. The van der Waals surface area contributed by atoms with Gasteiger partial charge in [-0.2, -0.15) is 0 Å². The minimum absolute atomic E-state index is 1.06. The van der Waals surface area contributed by atoms with Crippen LogP contribution < -0.4 is 10.6 Å². The van der Waals surface area contributed by atoms with Gasteiger partial charge in [-0.3, -0.25) is 9.98 Å². The fourth-order valence-corrected chi connectivity index (χ4v) is 1.66. The van der Waals surface area contributed by atoms with Crippen molar-refractivity contribution in [3.8, 4) is 0 Å². The van der Waals surface area contributed by atoms with Crippen molar-refractivity contribution in [3.63, 3.8) is 0 Å². The summed E-state index contributed by atoms with van der Waals surface area (Å²) in [6.07, 6.45) is 9.06. The first-order valence-corrected chi connectivity index (χ1v) is 5.00. The summed E-state index contributed by atoms with van der Waals surface area (Å²) in [5, 5.41) is 2.23. The van der Waals surface area contributed by atoms with E-state index in [0.717, 1.165) is 23.4 Å². The van der Waals surface area contributed by atoms with Crippen LogP contribution in [0, 0.1) is 0 Å². The lowest BCUT2D eigenvalue weighted by atomic mass is 10.1. The molecule has 0 saturated heterocycles. The van der Waals surface area contributed by atoms with E-state index in [1.54, 1.807) is 0 Å². The second-order valence-corrected chi connectivity index (χ2v) is 3.57. The summed E-state index contributed by atoms with van der Waals surface area (Å²) < 4.78 is 0. The highest BCUT2D eigenvalue weighted by molar-refractivity contribution is 5.62. The maximum absolute atomic E-state index is 4.40. The normalized spacial score (nSPS) is 22.5. The summed E-state index contributed by atoms with van der Waals surface area (Å²) in [6.45, 7) is 2.16. The van der Waals surface area contributed by atoms with Crippen LogP contribution >= 0.6 is 0 Å². The molecule has 2 heteroatoms. The monoisotopic (exact) mass is 186 g/mol. The molecule has 1 aliphatic heterocycles. The van der Waals surface area contributed by atoms with Crippen molar-refractivity contribution in [3.05, 3.63) is 28.9 Å². The molecule has 1 aliphatic rings. The average molecular weight is 186 g/mol. The van der Waals surface area contributed by atoms with Crippen LogP contribution in [0.5, 0.6) is 0 Å². The Morgan fingerprint density at radius 1 is 1.36 bits per heavy atom. The van der Waals surface area contributed by atoms with Gasteiger partial charge in [0, 0.05) is 23.8 Å². The molecule has 0 radical (unpaired) electrons. The third kappa shape index (κ3) is 1.90. The van der Waals surface area contributed by atoms with Crippen molar-refractivity contribution in [1.29, 1.82) is 0 Å². The van der Waals surface area contributed by atoms with E-state index in [1.807, 2.05) is 24.7 Å². The minimum Gasteiger partial charge on any atom is -0.268 e. The molecule has 14 heavy (non-hydrogen) atoms. The molecule has 0 saturated carbocycles. The molecule has 2 heterocycles. The SMILES string of the molecule is C/C1=c2\nccc\c2=C\N=CCCC1. The molecule has 0 aromatic carbocycles. The summed E-state index contributed by atoms with van der Waals surface area (Å²) in [6, 6.07) is 4.02. The van der Waals surface area contributed by atoms with Crippen LogP contribution in [0.25, 0.3) is 11.8 Å². The van der Waals surface area contributed by atoms with Gasteiger partial charge in [-0.15, -0.1) is 0 Å². The fourth-order valence-electron chi connectivity index (χ4n) is 1.66. The van der Waals surface area contributed by atoms with Gasteiger partial charge in [0.15, 0.2) is 0 Å². The standard InChI is InChI=1S/C12H14N2/c1-10-5-2-3-7-13-9-11-6-4-8-14-12(10)11/h4,6-9H,2-3,5H2,1H3/b11-9-,12-10+,13-7?. The maximum Gasteiger partial charge on any atom is 0.0706 e. The highest BCUT2D eigenvalue weighted by Crippen LogP contribution is 2.04. The van der Waals surface area contributed by atoms with Crippen molar-refractivity contribution < 1.29 is 0 Å². The Kier molecular flexibility index (Phi) is 2.73. The molecule has 0 unspecified atom stereocenters. The third-order valence-corrected chi connectivity index (χ3v) is 2.45. The highest BCUT2D eigenvalue weighted by Gasteiger charge is 1.96. The van der Waals surface area contributed by atoms with Crippen LogP contribution in [0.3, 0.4) is 0 Å². The van der Waals surface area contributed by atoms with E-state index in [1.165, 1.54) is 12.0 Å². The summed E-state index contributed by atoms with van der Waals surface area (Å²) in [4.78, 5) is 8.66. The molecule has 0 amide bonds. The zero-order valence-corrected chi connectivity index (χ0v) is 8.40.